The molecule has 1 atom stereocenters. The number of likely N-dealkylation sites (tertiary alicyclic amines) is 1. The maximum Gasteiger partial charge on any atom is 0.252 e. The summed E-state index contributed by atoms with van der Waals surface area (Å²) >= 11 is 0. The highest BCUT2D eigenvalue weighted by Gasteiger charge is 2.21. The number of nitrogens with zero attached hydrogens (tertiary/aromatic N) is 2. The van der Waals surface area contributed by atoms with E-state index in [1.807, 2.05) is 0 Å². The van der Waals surface area contributed by atoms with E-state index < -0.39 is 0 Å². The van der Waals surface area contributed by atoms with Crippen molar-refractivity contribution in [2.75, 3.05) is 26.7 Å². The van der Waals surface area contributed by atoms with Gasteiger partial charge in [-0.15, -0.1) is 0 Å². The zero-order chi connectivity index (χ0) is 15.1. The van der Waals surface area contributed by atoms with Crippen molar-refractivity contribution in [2.24, 2.45) is 0 Å². The topological polar surface area (TPSA) is 65.5 Å². The SMILES string of the molecule is CN1CCCC1CNC(=O)c1ccncc1C#CCCO. The molecule has 0 aromatic carbocycles. The normalized spacial score (nSPS) is 18.1. The Kier molecular flexibility index (Phi) is 5.73. The molecule has 1 amide bonds. The van der Waals surface area contributed by atoms with Gasteiger partial charge in [0.25, 0.3) is 5.91 Å². The van der Waals surface area contributed by atoms with Gasteiger partial charge in [-0.25, -0.2) is 0 Å². The molecule has 0 saturated carbocycles. The fourth-order valence-electron chi connectivity index (χ4n) is 2.45. The molecule has 0 radical (unpaired) electrons. The molecule has 1 aromatic rings. The van der Waals surface area contributed by atoms with Crippen molar-refractivity contribution in [1.82, 2.24) is 15.2 Å². The van der Waals surface area contributed by atoms with Crippen molar-refractivity contribution >= 4 is 5.91 Å². The quantitative estimate of drug-likeness (QED) is 0.798. The molecule has 0 bridgehead atoms. The molecule has 0 aliphatic carbocycles. The van der Waals surface area contributed by atoms with Crippen molar-refractivity contribution in [1.29, 1.82) is 0 Å². The van der Waals surface area contributed by atoms with Gasteiger partial charge in [0.15, 0.2) is 0 Å². The van der Waals surface area contributed by atoms with Gasteiger partial charge in [0.1, 0.15) is 0 Å². The zero-order valence-electron chi connectivity index (χ0n) is 12.3. The fourth-order valence-corrected chi connectivity index (χ4v) is 2.45. The molecule has 2 N–H and O–H groups in total. The summed E-state index contributed by atoms with van der Waals surface area (Å²) in [4.78, 5) is 18.6. The number of likely N-dealkylation sites (N-methyl/N-ethyl adjacent to an activating group) is 1. The van der Waals surface area contributed by atoms with Crippen LogP contribution in [0.1, 0.15) is 35.2 Å². The van der Waals surface area contributed by atoms with E-state index in [1.54, 1.807) is 18.5 Å². The predicted molar refractivity (Wildman–Crippen MR) is 80.8 cm³/mol. The van der Waals surface area contributed by atoms with Gasteiger partial charge < -0.3 is 15.3 Å². The Morgan fingerprint density at radius 1 is 1.62 bits per heavy atom. The van der Waals surface area contributed by atoms with Crippen molar-refractivity contribution in [3.05, 3.63) is 29.6 Å². The van der Waals surface area contributed by atoms with Crippen LogP contribution < -0.4 is 5.32 Å². The molecule has 2 rings (SSSR count). The average molecular weight is 287 g/mol. The minimum absolute atomic E-state index is 0.0167. The molecule has 5 nitrogen and oxygen atoms in total. The smallest absolute Gasteiger partial charge is 0.252 e. The van der Waals surface area contributed by atoms with Gasteiger partial charge in [-0.2, -0.15) is 0 Å². The molecule has 0 spiro atoms. The highest BCUT2D eigenvalue weighted by Crippen LogP contribution is 2.14. The van der Waals surface area contributed by atoms with Crippen LogP contribution in [0.5, 0.6) is 0 Å². The number of carbonyl (C=O) groups excluding carboxylic acids is 1. The number of amides is 1. The Labute approximate surface area is 125 Å². The molecule has 1 saturated heterocycles. The predicted octanol–water partition coefficient (Wildman–Crippen LogP) is 0.639. The van der Waals surface area contributed by atoms with Gasteiger partial charge in [0.2, 0.25) is 0 Å². The molecule has 112 valence electrons. The summed E-state index contributed by atoms with van der Waals surface area (Å²) in [6.07, 6.45) is 5.87. The van der Waals surface area contributed by atoms with E-state index in [2.05, 4.69) is 34.1 Å². The van der Waals surface area contributed by atoms with Crippen LogP contribution in [0.15, 0.2) is 18.5 Å². The third-order valence-electron chi connectivity index (χ3n) is 3.70. The monoisotopic (exact) mass is 287 g/mol. The minimum atomic E-state index is -0.119. The van der Waals surface area contributed by atoms with E-state index >= 15 is 0 Å². The van der Waals surface area contributed by atoms with Gasteiger partial charge in [0, 0.05) is 31.4 Å². The maximum absolute atomic E-state index is 12.3. The molecule has 21 heavy (non-hydrogen) atoms. The van der Waals surface area contributed by atoms with Gasteiger partial charge in [0.05, 0.1) is 17.7 Å². The summed E-state index contributed by atoms with van der Waals surface area (Å²) in [5.74, 6) is 5.59. The third-order valence-corrected chi connectivity index (χ3v) is 3.70. The van der Waals surface area contributed by atoms with Crippen molar-refractivity contribution in [3.8, 4) is 11.8 Å². The Hall–Kier alpha value is -1.90. The van der Waals surface area contributed by atoms with E-state index in [0.717, 1.165) is 13.0 Å². The van der Waals surface area contributed by atoms with Crippen LogP contribution in [0.3, 0.4) is 0 Å². The van der Waals surface area contributed by atoms with E-state index in [-0.39, 0.29) is 12.5 Å². The van der Waals surface area contributed by atoms with Crippen LogP contribution in [-0.2, 0) is 0 Å². The number of nitrogens with one attached hydrogen (secondary N) is 1. The first-order valence-electron chi connectivity index (χ1n) is 7.24. The summed E-state index contributed by atoms with van der Waals surface area (Å²) in [6.45, 7) is 1.76. The maximum atomic E-state index is 12.3. The van der Waals surface area contributed by atoms with Gasteiger partial charge >= 0.3 is 0 Å². The number of rotatable bonds is 4. The Balaban J connectivity index is 2.00. The number of aromatic nitrogens is 1. The van der Waals surface area contributed by atoms with Crippen molar-refractivity contribution in [3.63, 3.8) is 0 Å². The number of aliphatic hydroxyl groups excluding tert-OH is 1. The molecular formula is C16H21N3O2. The lowest BCUT2D eigenvalue weighted by Gasteiger charge is -2.19. The van der Waals surface area contributed by atoms with Crippen LogP contribution in [-0.4, -0.2) is 53.7 Å². The van der Waals surface area contributed by atoms with E-state index in [1.165, 1.54) is 6.42 Å². The second kappa shape index (κ2) is 7.77. The summed E-state index contributed by atoms with van der Waals surface area (Å²) in [5.41, 5.74) is 1.14. The summed E-state index contributed by atoms with van der Waals surface area (Å²) in [7, 11) is 2.09. The highest BCUT2D eigenvalue weighted by molar-refractivity contribution is 5.96. The Bertz CT molecular complexity index is 548. The summed E-state index contributed by atoms with van der Waals surface area (Å²) in [5, 5.41) is 11.7. The third kappa shape index (κ3) is 4.28. The molecule has 1 aliphatic heterocycles. The van der Waals surface area contributed by atoms with E-state index in [0.29, 0.717) is 30.1 Å². The minimum Gasteiger partial charge on any atom is -0.395 e. The number of carbonyl (C=O) groups is 1. The second-order valence-electron chi connectivity index (χ2n) is 5.18. The Morgan fingerprint density at radius 2 is 2.48 bits per heavy atom. The number of hydrogen-bond donors (Lipinski definition) is 2. The van der Waals surface area contributed by atoms with Crippen molar-refractivity contribution < 1.29 is 9.90 Å². The lowest BCUT2D eigenvalue weighted by atomic mass is 10.1. The second-order valence-corrected chi connectivity index (χ2v) is 5.18. The standard InChI is InChI=1S/C16H21N3O2/c1-19-9-4-6-14(19)12-18-16(21)15-7-8-17-11-13(15)5-2-3-10-20/h7-8,11,14,20H,3-4,6,9-10,12H2,1H3,(H,18,21). The van der Waals surface area contributed by atoms with Crippen molar-refractivity contribution in [2.45, 2.75) is 25.3 Å². The summed E-state index contributed by atoms with van der Waals surface area (Å²) < 4.78 is 0. The van der Waals surface area contributed by atoms with E-state index in [9.17, 15) is 4.79 Å². The fraction of sp³-hybridized carbons (Fsp3) is 0.500. The largest absolute Gasteiger partial charge is 0.395 e. The number of pyridine rings is 1. The number of hydrogen-bond acceptors (Lipinski definition) is 4. The summed E-state index contributed by atoms with van der Waals surface area (Å²) in [6, 6.07) is 2.09. The van der Waals surface area contributed by atoms with Crippen LogP contribution in [0, 0.1) is 11.8 Å². The molecule has 2 heterocycles. The van der Waals surface area contributed by atoms with E-state index in [4.69, 9.17) is 5.11 Å². The molecule has 5 heteroatoms. The molecular weight excluding hydrogens is 266 g/mol. The zero-order valence-corrected chi connectivity index (χ0v) is 12.3. The first-order valence-corrected chi connectivity index (χ1v) is 7.24. The lowest BCUT2D eigenvalue weighted by molar-refractivity contribution is 0.0943. The molecule has 1 aromatic heterocycles. The van der Waals surface area contributed by atoms with Gasteiger partial charge in [-0.05, 0) is 32.5 Å². The average Bonchev–Trinajstić information content (AvgIpc) is 2.91. The lowest BCUT2D eigenvalue weighted by Crippen LogP contribution is -2.38. The van der Waals surface area contributed by atoms with Gasteiger partial charge in [-0.1, -0.05) is 11.8 Å². The van der Waals surface area contributed by atoms with Crippen LogP contribution in [0.25, 0.3) is 0 Å². The van der Waals surface area contributed by atoms with Gasteiger partial charge in [-0.3, -0.25) is 9.78 Å². The number of aliphatic hydroxyl groups is 1. The molecule has 1 aliphatic rings. The molecule has 1 unspecified atom stereocenters. The van der Waals surface area contributed by atoms with Crippen LogP contribution in [0.4, 0.5) is 0 Å². The van der Waals surface area contributed by atoms with Crippen LogP contribution >= 0.6 is 0 Å². The molecule has 1 fully saturated rings. The Morgan fingerprint density at radius 3 is 3.19 bits per heavy atom. The highest BCUT2D eigenvalue weighted by atomic mass is 16.2. The first-order chi connectivity index (χ1) is 10.2. The first kappa shape index (κ1) is 15.5. The van der Waals surface area contributed by atoms with Crippen LogP contribution in [0.2, 0.25) is 0 Å².